The first-order chi connectivity index (χ1) is 13.0. The van der Waals surface area contributed by atoms with Crippen molar-refractivity contribution in [2.75, 3.05) is 13.1 Å². The average molecular weight is 375 g/mol. The molecule has 1 aromatic carbocycles. The molecule has 2 rings (SSSR count). The van der Waals surface area contributed by atoms with Gasteiger partial charge in [0.2, 0.25) is 11.8 Å². The zero-order valence-corrected chi connectivity index (χ0v) is 16.5. The Morgan fingerprint density at radius 3 is 2.52 bits per heavy atom. The minimum Gasteiger partial charge on any atom is -0.508 e. The van der Waals surface area contributed by atoms with Crippen LogP contribution >= 0.6 is 0 Å². The number of carbonyl (C=O) groups is 2. The molecule has 0 aliphatic heterocycles. The molecule has 5 heteroatoms. The predicted molar refractivity (Wildman–Crippen MR) is 107 cm³/mol. The van der Waals surface area contributed by atoms with Gasteiger partial charge in [-0.1, -0.05) is 51.2 Å². The smallest absolute Gasteiger partial charge is 0.224 e. The van der Waals surface area contributed by atoms with Crippen molar-refractivity contribution < 1.29 is 14.7 Å². The van der Waals surface area contributed by atoms with E-state index in [0.717, 1.165) is 24.3 Å². The molecule has 0 saturated heterocycles. The van der Waals surface area contributed by atoms with Crippen molar-refractivity contribution >= 4 is 11.8 Å². The second-order valence-electron chi connectivity index (χ2n) is 7.81. The minimum atomic E-state index is -0.243. The first kappa shape index (κ1) is 21.3. The van der Waals surface area contributed by atoms with Crippen molar-refractivity contribution in [1.29, 1.82) is 0 Å². The Hall–Kier alpha value is -2.04. The second-order valence-corrected chi connectivity index (χ2v) is 7.81. The van der Waals surface area contributed by atoms with E-state index in [2.05, 4.69) is 10.6 Å². The fourth-order valence-corrected chi connectivity index (χ4v) is 3.64. The topological polar surface area (TPSA) is 78.4 Å². The molecular weight excluding hydrogens is 340 g/mol. The second kappa shape index (κ2) is 11.6. The van der Waals surface area contributed by atoms with Crippen molar-refractivity contribution in [3.63, 3.8) is 0 Å². The number of phenols is 1. The lowest BCUT2D eigenvalue weighted by molar-refractivity contribution is -0.125. The number of benzene rings is 1. The normalized spacial score (nSPS) is 15.9. The first-order valence-electron chi connectivity index (χ1n) is 10.4. The van der Waals surface area contributed by atoms with Gasteiger partial charge in [0.15, 0.2) is 0 Å². The summed E-state index contributed by atoms with van der Waals surface area (Å²) in [5, 5.41) is 15.1. The van der Waals surface area contributed by atoms with E-state index in [9.17, 15) is 14.7 Å². The Kier molecular flexibility index (Phi) is 9.16. The molecule has 1 aromatic rings. The monoisotopic (exact) mass is 374 g/mol. The Labute approximate surface area is 162 Å². The Bertz CT molecular complexity index is 580. The van der Waals surface area contributed by atoms with Gasteiger partial charge in [-0.15, -0.1) is 0 Å². The van der Waals surface area contributed by atoms with Gasteiger partial charge in [-0.2, -0.15) is 0 Å². The third kappa shape index (κ3) is 8.46. The number of aromatic hydroxyl groups is 1. The summed E-state index contributed by atoms with van der Waals surface area (Å²) in [6.07, 6.45) is 10.1. The van der Waals surface area contributed by atoms with E-state index in [1.54, 1.807) is 12.1 Å². The first-order valence-corrected chi connectivity index (χ1v) is 10.4. The Balaban J connectivity index is 1.54. The molecule has 0 radical (unpaired) electrons. The molecule has 1 atom stereocenters. The number of rotatable bonds is 10. The predicted octanol–water partition coefficient (Wildman–Crippen LogP) is 3.55. The molecule has 27 heavy (non-hydrogen) atoms. The largest absolute Gasteiger partial charge is 0.508 e. The summed E-state index contributed by atoms with van der Waals surface area (Å²) in [7, 11) is 0. The summed E-state index contributed by atoms with van der Waals surface area (Å²) < 4.78 is 0. The van der Waals surface area contributed by atoms with Crippen LogP contribution in [-0.2, 0) is 16.0 Å². The van der Waals surface area contributed by atoms with Crippen LogP contribution in [0.2, 0.25) is 0 Å². The highest BCUT2D eigenvalue weighted by Gasteiger charge is 2.15. The Morgan fingerprint density at radius 2 is 1.81 bits per heavy atom. The van der Waals surface area contributed by atoms with Crippen LogP contribution in [0.3, 0.4) is 0 Å². The maximum atomic E-state index is 12.1. The average Bonchev–Trinajstić information content (AvgIpc) is 2.68. The van der Waals surface area contributed by atoms with Crippen molar-refractivity contribution in [1.82, 2.24) is 10.6 Å². The molecule has 5 nitrogen and oxygen atoms in total. The molecule has 1 fully saturated rings. The molecule has 0 bridgehead atoms. The number of hydrogen-bond donors (Lipinski definition) is 3. The highest BCUT2D eigenvalue weighted by Crippen LogP contribution is 2.27. The zero-order chi connectivity index (χ0) is 19.5. The fraction of sp³-hybridized carbons (Fsp3) is 0.636. The molecular formula is C22H34N2O3. The third-order valence-corrected chi connectivity index (χ3v) is 5.44. The van der Waals surface area contributed by atoms with E-state index >= 15 is 0 Å². The molecule has 0 spiro atoms. The summed E-state index contributed by atoms with van der Waals surface area (Å²) in [5.41, 5.74) is 1.06. The maximum absolute atomic E-state index is 12.1. The van der Waals surface area contributed by atoms with Crippen LogP contribution in [0.15, 0.2) is 24.3 Å². The molecule has 1 saturated carbocycles. The van der Waals surface area contributed by atoms with Gasteiger partial charge in [0.05, 0.1) is 5.92 Å². The SMILES string of the molecule is CC(CNC(=O)CCCC1CCCCC1)C(=O)NCCc1ccc(O)cc1. The van der Waals surface area contributed by atoms with Gasteiger partial charge in [0.25, 0.3) is 0 Å². The van der Waals surface area contributed by atoms with Crippen LogP contribution in [0.5, 0.6) is 5.75 Å². The summed E-state index contributed by atoms with van der Waals surface area (Å²) in [6, 6.07) is 6.98. The van der Waals surface area contributed by atoms with E-state index < -0.39 is 0 Å². The molecule has 0 aromatic heterocycles. The lowest BCUT2D eigenvalue weighted by Crippen LogP contribution is -2.38. The van der Waals surface area contributed by atoms with Crippen molar-refractivity contribution in [3.05, 3.63) is 29.8 Å². The number of amides is 2. The van der Waals surface area contributed by atoms with Gasteiger partial charge in [-0.05, 0) is 42.9 Å². The van der Waals surface area contributed by atoms with Crippen LogP contribution in [0.4, 0.5) is 0 Å². The number of carbonyl (C=O) groups excluding carboxylic acids is 2. The zero-order valence-electron chi connectivity index (χ0n) is 16.5. The summed E-state index contributed by atoms with van der Waals surface area (Å²) in [4.78, 5) is 24.1. The lowest BCUT2D eigenvalue weighted by atomic mass is 9.86. The van der Waals surface area contributed by atoms with Gasteiger partial charge in [-0.3, -0.25) is 9.59 Å². The highest BCUT2D eigenvalue weighted by atomic mass is 16.3. The molecule has 3 N–H and O–H groups in total. The van der Waals surface area contributed by atoms with Crippen LogP contribution in [0.25, 0.3) is 0 Å². The molecule has 150 valence electrons. The summed E-state index contributed by atoms with van der Waals surface area (Å²) in [6.45, 7) is 2.76. The minimum absolute atomic E-state index is 0.0451. The van der Waals surface area contributed by atoms with Crippen molar-refractivity contribution in [3.8, 4) is 5.75 Å². The highest BCUT2D eigenvalue weighted by molar-refractivity contribution is 5.80. The van der Waals surface area contributed by atoms with E-state index in [1.165, 1.54) is 32.1 Å². The maximum Gasteiger partial charge on any atom is 0.224 e. The fourth-order valence-electron chi connectivity index (χ4n) is 3.64. The summed E-state index contributed by atoms with van der Waals surface area (Å²) >= 11 is 0. The van der Waals surface area contributed by atoms with E-state index in [4.69, 9.17) is 0 Å². The van der Waals surface area contributed by atoms with E-state index in [-0.39, 0.29) is 23.5 Å². The molecule has 1 aliphatic carbocycles. The molecule has 1 aliphatic rings. The van der Waals surface area contributed by atoms with Gasteiger partial charge < -0.3 is 15.7 Å². The molecule has 1 unspecified atom stereocenters. The number of hydrogen-bond acceptors (Lipinski definition) is 3. The lowest BCUT2D eigenvalue weighted by Gasteiger charge is -2.21. The van der Waals surface area contributed by atoms with Crippen LogP contribution in [-0.4, -0.2) is 30.0 Å². The van der Waals surface area contributed by atoms with Crippen molar-refractivity contribution in [2.24, 2.45) is 11.8 Å². The van der Waals surface area contributed by atoms with Gasteiger partial charge in [0.1, 0.15) is 5.75 Å². The van der Waals surface area contributed by atoms with Crippen molar-refractivity contribution in [2.45, 2.75) is 64.7 Å². The van der Waals surface area contributed by atoms with Crippen LogP contribution in [0, 0.1) is 11.8 Å². The number of nitrogens with one attached hydrogen (secondary N) is 2. The van der Waals surface area contributed by atoms with Gasteiger partial charge in [0, 0.05) is 19.5 Å². The van der Waals surface area contributed by atoms with E-state index in [0.29, 0.717) is 25.9 Å². The van der Waals surface area contributed by atoms with Gasteiger partial charge in [-0.25, -0.2) is 0 Å². The summed E-state index contributed by atoms with van der Waals surface area (Å²) in [5.74, 6) is 0.814. The van der Waals surface area contributed by atoms with Crippen LogP contribution < -0.4 is 10.6 Å². The molecule has 2 amide bonds. The standard InChI is InChI=1S/C22H34N2O3/c1-17(22(27)23-15-14-19-10-12-20(25)13-11-19)16-24-21(26)9-5-8-18-6-3-2-4-7-18/h10-13,17-18,25H,2-9,14-16H2,1H3,(H,23,27)(H,24,26). The Morgan fingerprint density at radius 1 is 1.11 bits per heavy atom. The van der Waals surface area contributed by atoms with Gasteiger partial charge >= 0.3 is 0 Å². The molecule has 0 heterocycles. The number of phenolic OH excluding ortho intramolecular Hbond substituents is 1. The quantitative estimate of drug-likeness (QED) is 0.586. The van der Waals surface area contributed by atoms with Crippen LogP contribution in [0.1, 0.15) is 63.9 Å². The third-order valence-electron chi connectivity index (χ3n) is 5.44. The van der Waals surface area contributed by atoms with E-state index in [1.807, 2.05) is 19.1 Å².